The van der Waals surface area contributed by atoms with E-state index in [9.17, 15) is 9.90 Å². The third-order valence-electron chi connectivity index (χ3n) is 4.97. The molecule has 0 aromatic rings. The van der Waals surface area contributed by atoms with Crippen molar-refractivity contribution in [3.8, 4) is 0 Å². The second-order valence-electron chi connectivity index (χ2n) is 6.91. The zero-order chi connectivity index (χ0) is 14.2. The van der Waals surface area contributed by atoms with Gasteiger partial charge in [0, 0.05) is 44.8 Å². The van der Waals surface area contributed by atoms with E-state index < -0.39 is 11.5 Å². The van der Waals surface area contributed by atoms with E-state index in [1.807, 2.05) is 6.92 Å². The number of carbonyl (C=O) groups is 1. The summed E-state index contributed by atoms with van der Waals surface area (Å²) in [6.45, 7) is 7.23. The number of carboxylic acids is 1. The largest absolute Gasteiger partial charge is 0.480 e. The van der Waals surface area contributed by atoms with Gasteiger partial charge in [-0.25, -0.2) is 0 Å². The van der Waals surface area contributed by atoms with Gasteiger partial charge in [0.2, 0.25) is 0 Å². The van der Waals surface area contributed by atoms with E-state index in [4.69, 9.17) is 0 Å². The molecule has 5 heteroatoms. The SMILES string of the molecule is CC(CCN1CCN(C2CC2)CC1)(NC1CC1)C(=O)O. The maximum atomic E-state index is 11.5. The van der Waals surface area contributed by atoms with Gasteiger partial charge in [-0.3, -0.25) is 15.0 Å². The molecule has 1 atom stereocenters. The van der Waals surface area contributed by atoms with E-state index in [1.165, 1.54) is 12.8 Å². The lowest BCUT2D eigenvalue weighted by Crippen LogP contribution is -2.54. The lowest BCUT2D eigenvalue weighted by Gasteiger charge is -2.36. The van der Waals surface area contributed by atoms with Crippen molar-refractivity contribution < 1.29 is 9.90 Å². The molecule has 3 rings (SSSR count). The molecule has 20 heavy (non-hydrogen) atoms. The third kappa shape index (κ3) is 3.51. The molecule has 1 unspecified atom stereocenters. The fraction of sp³-hybridized carbons (Fsp3) is 0.933. The summed E-state index contributed by atoms with van der Waals surface area (Å²) in [7, 11) is 0. The topological polar surface area (TPSA) is 55.8 Å². The molecule has 5 nitrogen and oxygen atoms in total. The number of nitrogens with zero attached hydrogens (tertiary/aromatic N) is 2. The Kier molecular flexibility index (Phi) is 4.02. The van der Waals surface area contributed by atoms with Crippen LogP contribution in [0.2, 0.25) is 0 Å². The van der Waals surface area contributed by atoms with Gasteiger partial charge in [0.1, 0.15) is 5.54 Å². The summed E-state index contributed by atoms with van der Waals surface area (Å²) in [6, 6.07) is 1.29. The van der Waals surface area contributed by atoms with E-state index in [-0.39, 0.29) is 0 Å². The van der Waals surface area contributed by atoms with Crippen molar-refractivity contribution >= 4 is 5.97 Å². The maximum Gasteiger partial charge on any atom is 0.323 e. The lowest BCUT2D eigenvalue weighted by atomic mass is 9.97. The van der Waals surface area contributed by atoms with Crippen molar-refractivity contribution in [2.75, 3.05) is 32.7 Å². The van der Waals surface area contributed by atoms with Crippen LogP contribution < -0.4 is 5.32 Å². The van der Waals surface area contributed by atoms with Gasteiger partial charge in [0.05, 0.1) is 0 Å². The van der Waals surface area contributed by atoms with E-state index in [0.29, 0.717) is 12.5 Å². The van der Waals surface area contributed by atoms with Gasteiger partial charge in [0.15, 0.2) is 0 Å². The fourth-order valence-corrected chi connectivity index (χ4v) is 3.09. The molecular weight excluding hydrogens is 254 g/mol. The van der Waals surface area contributed by atoms with Crippen molar-refractivity contribution in [1.82, 2.24) is 15.1 Å². The number of aliphatic carboxylic acids is 1. The molecule has 3 aliphatic rings. The molecule has 0 aromatic heterocycles. The van der Waals surface area contributed by atoms with Crippen LogP contribution >= 0.6 is 0 Å². The predicted octanol–water partition coefficient (Wildman–Crippen LogP) is 0.752. The second-order valence-corrected chi connectivity index (χ2v) is 6.91. The van der Waals surface area contributed by atoms with Crippen LogP contribution in [0.15, 0.2) is 0 Å². The predicted molar refractivity (Wildman–Crippen MR) is 77.9 cm³/mol. The van der Waals surface area contributed by atoms with Crippen LogP contribution in [-0.4, -0.2) is 71.2 Å². The Balaban J connectivity index is 1.43. The lowest BCUT2D eigenvalue weighted by molar-refractivity contribution is -0.144. The van der Waals surface area contributed by atoms with Crippen molar-refractivity contribution in [2.24, 2.45) is 0 Å². The van der Waals surface area contributed by atoms with E-state index in [2.05, 4.69) is 15.1 Å². The van der Waals surface area contributed by atoms with Gasteiger partial charge in [0.25, 0.3) is 0 Å². The van der Waals surface area contributed by atoms with Crippen molar-refractivity contribution in [1.29, 1.82) is 0 Å². The average molecular weight is 281 g/mol. The Bertz CT molecular complexity index is 360. The van der Waals surface area contributed by atoms with Gasteiger partial charge in [-0.05, 0) is 39.0 Å². The Morgan fingerprint density at radius 2 is 1.85 bits per heavy atom. The number of nitrogens with one attached hydrogen (secondary N) is 1. The first-order valence-corrected chi connectivity index (χ1v) is 8.04. The molecule has 1 saturated heterocycles. The number of hydrogen-bond donors (Lipinski definition) is 2. The molecule has 114 valence electrons. The van der Waals surface area contributed by atoms with Gasteiger partial charge in [-0.2, -0.15) is 0 Å². The molecule has 0 amide bonds. The standard InChI is InChI=1S/C15H27N3O2/c1-15(14(19)20,16-12-2-3-12)6-7-17-8-10-18(11-9-17)13-4-5-13/h12-13,16H,2-11H2,1H3,(H,19,20). The van der Waals surface area contributed by atoms with Crippen molar-refractivity contribution in [3.63, 3.8) is 0 Å². The highest BCUT2D eigenvalue weighted by Gasteiger charge is 2.39. The Morgan fingerprint density at radius 3 is 2.35 bits per heavy atom. The molecule has 1 aliphatic heterocycles. The van der Waals surface area contributed by atoms with Crippen LogP contribution in [-0.2, 0) is 4.79 Å². The molecule has 1 heterocycles. The smallest absolute Gasteiger partial charge is 0.323 e. The van der Waals surface area contributed by atoms with Crippen LogP contribution in [0.3, 0.4) is 0 Å². The Hall–Kier alpha value is -0.650. The summed E-state index contributed by atoms with van der Waals surface area (Å²) in [4.78, 5) is 16.5. The third-order valence-corrected chi connectivity index (χ3v) is 4.97. The van der Waals surface area contributed by atoms with Crippen LogP contribution in [0.1, 0.15) is 39.0 Å². The first-order chi connectivity index (χ1) is 9.57. The summed E-state index contributed by atoms with van der Waals surface area (Å²) in [5.74, 6) is -0.707. The highest BCUT2D eigenvalue weighted by atomic mass is 16.4. The minimum absolute atomic E-state index is 0.433. The molecule has 0 aromatic carbocycles. The molecule has 0 radical (unpaired) electrons. The molecule has 2 aliphatic carbocycles. The van der Waals surface area contributed by atoms with Crippen LogP contribution in [0.5, 0.6) is 0 Å². The van der Waals surface area contributed by atoms with E-state index in [1.54, 1.807) is 0 Å². The number of piperazine rings is 1. The monoisotopic (exact) mass is 281 g/mol. The fourth-order valence-electron chi connectivity index (χ4n) is 3.09. The number of hydrogen-bond acceptors (Lipinski definition) is 4. The average Bonchev–Trinajstić information content (AvgIpc) is 3.30. The maximum absolute atomic E-state index is 11.5. The van der Waals surface area contributed by atoms with Gasteiger partial charge >= 0.3 is 5.97 Å². The minimum Gasteiger partial charge on any atom is -0.480 e. The first kappa shape index (κ1) is 14.3. The molecule has 3 fully saturated rings. The van der Waals surface area contributed by atoms with Crippen molar-refractivity contribution in [3.05, 3.63) is 0 Å². The van der Waals surface area contributed by atoms with Gasteiger partial charge in [-0.15, -0.1) is 0 Å². The van der Waals surface area contributed by atoms with Gasteiger partial charge < -0.3 is 10.0 Å². The summed E-state index contributed by atoms with van der Waals surface area (Å²) < 4.78 is 0. The van der Waals surface area contributed by atoms with Crippen LogP contribution in [0, 0.1) is 0 Å². The van der Waals surface area contributed by atoms with Crippen molar-refractivity contribution in [2.45, 2.75) is 56.7 Å². The normalized spacial score (nSPS) is 28.2. The summed E-state index contributed by atoms with van der Waals surface area (Å²) in [5, 5.41) is 12.8. The molecule has 2 N–H and O–H groups in total. The molecule has 0 spiro atoms. The highest BCUT2D eigenvalue weighted by Crippen LogP contribution is 2.28. The number of carboxylic acid groups (broad SMARTS) is 1. The molecule has 0 bridgehead atoms. The Labute approximate surface area is 121 Å². The van der Waals surface area contributed by atoms with Crippen LogP contribution in [0.25, 0.3) is 0 Å². The highest BCUT2D eigenvalue weighted by molar-refractivity contribution is 5.78. The molecule has 2 saturated carbocycles. The summed E-state index contributed by atoms with van der Waals surface area (Å²) in [5.41, 5.74) is -0.755. The zero-order valence-corrected chi connectivity index (χ0v) is 12.5. The minimum atomic E-state index is -0.755. The van der Waals surface area contributed by atoms with Gasteiger partial charge in [-0.1, -0.05) is 0 Å². The Morgan fingerprint density at radius 1 is 1.20 bits per heavy atom. The quantitative estimate of drug-likeness (QED) is 0.721. The zero-order valence-electron chi connectivity index (χ0n) is 12.5. The summed E-state index contributed by atoms with van der Waals surface area (Å²) >= 11 is 0. The van der Waals surface area contributed by atoms with E-state index in [0.717, 1.165) is 51.6 Å². The number of rotatable bonds is 7. The first-order valence-electron chi connectivity index (χ1n) is 8.04. The summed E-state index contributed by atoms with van der Waals surface area (Å²) in [6.07, 6.45) is 5.71. The van der Waals surface area contributed by atoms with E-state index >= 15 is 0 Å². The molecular formula is C15H27N3O2. The second kappa shape index (κ2) is 5.62. The van der Waals surface area contributed by atoms with Crippen LogP contribution in [0.4, 0.5) is 0 Å².